The lowest BCUT2D eigenvalue weighted by molar-refractivity contribution is -0.116. The minimum Gasteiger partial charge on any atom is -0.315 e. The molecule has 1 fully saturated rings. The van der Waals surface area contributed by atoms with Gasteiger partial charge in [-0.15, -0.1) is 10.2 Å². The molecule has 1 N–H and O–H groups in total. The van der Waals surface area contributed by atoms with E-state index >= 15 is 0 Å². The summed E-state index contributed by atoms with van der Waals surface area (Å²) in [6, 6.07) is 0. The Bertz CT molecular complexity index is 1150. The number of carbonyl (C=O) groups is 1. The molecule has 0 radical (unpaired) electrons. The molecule has 3 heterocycles. The maximum Gasteiger partial charge on any atom is 0.332 e. The van der Waals surface area contributed by atoms with Crippen LogP contribution < -0.4 is 16.6 Å². The Morgan fingerprint density at radius 1 is 1.18 bits per heavy atom. The van der Waals surface area contributed by atoms with Gasteiger partial charge >= 0.3 is 5.69 Å². The number of amides is 1. The quantitative estimate of drug-likeness (QED) is 0.694. The van der Waals surface area contributed by atoms with Crippen molar-refractivity contribution in [2.45, 2.75) is 44.6 Å². The zero-order valence-electron chi connectivity index (χ0n) is 15.7. The highest BCUT2D eigenvalue weighted by Gasteiger charge is 2.21. The van der Waals surface area contributed by atoms with Gasteiger partial charge in [-0.25, -0.2) is 9.78 Å². The Hall–Kier alpha value is -2.82. The van der Waals surface area contributed by atoms with Gasteiger partial charge in [-0.2, -0.15) is 0 Å². The summed E-state index contributed by atoms with van der Waals surface area (Å²) in [4.78, 5) is 41.0. The fourth-order valence-corrected chi connectivity index (χ4v) is 4.56. The largest absolute Gasteiger partial charge is 0.332 e. The Labute approximate surface area is 163 Å². The zero-order chi connectivity index (χ0) is 19.8. The van der Waals surface area contributed by atoms with Crippen molar-refractivity contribution in [3.8, 4) is 0 Å². The van der Waals surface area contributed by atoms with Crippen molar-refractivity contribution in [3.05, 3.63) is 32.2 Å². The molecular weight excluding hydrogens is 382 g/mol. The zero-order valence-corrected chi connectivity index (χ0v) is 16.5. The van der Waals surface area contributed by atoms with Crippen LogP contribution in [0.25, 0.3) is 11.2 Å². The van der Waals surface area contributed by atoms with Gasteiger partial charge in [0.25, 0.3) is 5.56 Å². The molecule has 10 nitrogen and oxygen atoms in total. The third-order valence-electron chi connectivity index (χ3n) is 5.17. The molecule has 1 amide bonds. The number of fused-ring (bicyclic) bond motifs is 1. The van der Waals surface area contributed by atoms with E-state index in [4.69, 9.17) is 0 Å². The number of hydrogen-bond donors (Lipinski definition) is 1. The maximum atomic E-state index is 12.5. The number of rotatable bonds is 4. The van der Waals surface area contributed by atoms with Crippen LogP contribution in [0, 0.1) is 0 Å². The molecule has 0 aromatic carbocycles. The maximum absolute atomic E-state index is 12.5. The molecule has 0 unspecified atom stereocenters. The molecule has 1 saturated carbocycles. The van der Waals surface area contributed by atoms with Gasteiger partial charge in [-0.1, -0.05) is 30.6 Å². The molecule has 3 aromatic heterocycles. The first kappa shape index (κ1) is 18.5. The minimum atomic E-state index is -0.487. The van der Waals surface area contributed by atoms with Gasteiger partial charge < -0.3 is 4.57 Å². The van der Waals surface area contributed by atoms with E-state index in [9.17, 15) is 14.4 Å². The summed E-state index contributed by atoms with van der Waals surface area (Å²) < 4.78 is 3.72. The van der Waals surface area contributed by atoms with E-state index in [0.717, 1.165) is 22.4 Å². The predicted molar refractivity (Wildman–Crippen MR) is 105 cm³/mol. The van der Waals surface area contributed by atoms with Gasteiger partial charge in [0.1, 0.15) is 11.6 Å². The summed E-state index contributed by atoms with van der Waals surface area (Å²) in [5.74, 6) is 0.0975. The van der Waals surface area contributed by atoms with Crippen molar-refractivity contribution >= 4 is 33.5 Å². The highest BCUT2D eigenvalue weighted by atomic mass is 32.1. The van der Waals surface area contributed by atoms with Crippen molar-refractivity contribution in [3.63, 3.8) is 0 Å². The molecule has 4 rings (SSSR count). The fraction of sp³-hybridized carbons (Fsp3) is 0.529. The topological polar surface area (TPSA) is 117 Å². The highest BCUT2D eigenvalue weighted by molar-refractivity contribution is 7.15. The van der Waals surface area contributed by atoms with Crippen LogP contribution in [0.3, 0.4) is 0 Å². The Morgan fingerprint density at radius 3 is 2.68 bits per heavy atom. The molecule has 148 valence electrons. The van der Waals surface area contributed by atoms with Crippen LogP contribution in [0.5, 0.6) is 0 Å². The summed E-state index contributed by atoms with van der Waals surface area (Å²) in [7, 11) is 2.94. The number of anilines is 1. The lowest BCUT2D eigenvalue weighted by Gasteiger charge is -2.18. The summed E-state index contributed by atoms with van der Waals surface area (Å²) >= 11 is 1.40. The van der Waals surface area contributed by atoms with E-state index in [2.05, 4.69) is 20.5 Å². The second kappa shape index (κ2) is 7.30. The van der Waals surface area contributed by atoms with Crippen molar-refractivity contribution in [1.82, 2.24) is 28.9 Å². The van der Waals surface area contributed by atoms with Crippen LogP contribution in [0.1, 0.15) is 43.0 Å². The average Bonchev–Trinajstić information content (AvgIpc) is 3.33. The fourth-order valence-electron chi connectivity index (χ4n) is 3.63. The standard InChI is InChI=1S/C17H21N7O3S/c1-22-13-12(15(26)23(2)17(22)27)24(9-18-13)8-11(25)19-16-21-20-14(28-16)10-6-4-3-5-7-10/h9-10H,3-8H2,1-2H3,(H,19,21,25). The number of aryl methyl sites for hydroxylation is 1. The van der Waals surface area contributed by atoms with Crippen LogP contribution in [-0.4, -0.2) is 34.8 Å². The van der Waals surface area contributed by atoms with Crippen LogP contribution in [0.4, 0.5) is 5.13 Å². The van der Waals surface area contributed by atoms with E-state index in [1.165, 1.54) is 60.2 Å². The van der Waals surface area contributed by atoms with Crippen LogP contribution >= 0.6 is 11.3 Å². The van der Waals surface area contributed by atoms with Gasteiger partial charge in [-0.3, -0.25) is 24.0 Å². The van der Waals surface area contributed by atoms with Crippen molar-refractivity contribution in [2.75, 3.05) is 5.32 Å². The average molecular weight is 403 g/mol. The molecule has 0 aliphatic heterocycles. The summed E-state index contributed by atoms with van der Waals surface area (Å²) in [5, 5.41) is 12.5. The lowest BCUT2D eigenvalue weighted by atomic mass is 9.90. The second-order valence-corrected chi connectivity index (χ2v) is 8.09. The molecule has 3 aromatic rings. The number of imidazole rings is 1. The van der Waals surface area contributed by atoms with Crippen molar-refractivity contribution < 1.29 is 4.79 Å². The Kier molecular flexibility index (Phi) is 4.84. The molecule has 1 aliphatic rings. The highest BCUT2D eigenvalue weighted by Crippen LogP contribution is 2.35. The normalized spacial score (nSPS) is 15.2. The van der Waals surface area contributed by atoms with Gasteiger partial charge in [0.2, 0.25) is 11.0 Å². The molecule has 28 heavy (non-hydrogen) atoms. The first-order valence-electron chi connectivity index (χ1n) is 9.20. The number of carbonyl (C=O) groups excluding carboxylic acids is 1. The first-order valence-corrected chi connectivity index (χ1v) is 10.0. The molecular formula is C17H21N7O3S. The van der Waals surface area contributed by atoms with Gasteiger partial charge in [0, 0.05) is 20.0 Å². The van der Waals surface area contributed by atoms with E-state index in [-0.39, 0.29) is 23.6 Å². The second-order valence-electron chi connectivity index (χ2n) is 7.08. The predicted octanol–water partition coefficient (Wildman–Crippen LogP) is 0.972. The molecule has 0 saturated heterocycles. The van der Waals surface area contributed by atoms with Crippen molar-refractivity contribution in [2.24, 2.45) is 14.1 Å². The smallest absolute Gasteiger partial charge is 0.315 e. The monoisotopic (exact) mass is 403 g/mol. The Balaban J connectivity index is 1.52. The van der Waals surface area contributed by atoms with E-state index in [1.54, 1.807) is 0 Å². The van der Waals surface area contributed by atoms with Crippen molar-refractivity contribution in [1.29, 1.82) is 0 Å². The van der Waals surface area contributed by atoms with Gasteiger partial charge in [-0.05, 0) is 12.8 Å². The van der Waals surface area contributed by atoms with Crippen LogP contribution in [-0.2, 0) is 25.4 Å². The number of hydrogen-bond acceptors (Lipinski definition) is 7. The van der Waals surface area contributed by atoms with E-state index in [0.29, 0.717) is 11.0 Å². The Morgan fingerprint density at radius 2 is 1.93 bits per heavy atom. The number of nitrogens with zero attached hydrogens (tertiary/aromatic N) is 6. The third kappa shape index (κ3) is 3.26. The minimum absolute atomic E-state index is 0.109. The lowest BCUT2D eigenvalue weighted by Crippen LogP contribution is -2.37. The van der Waals surface area contributed by atoms with Gasteiger partial charge in [0.15, 0.2) is 11.2 Å². The van der Waals surface area contributed by atoms with Crippen LogP contribution in [0.15, 0.2) is 15.9 Å². The van der Waals surface area contributed by atoms with E-state index < -0.39 is 11.2 Å². The molecule has 0 atom stereocenters. The summed E-state index contributed by atoms with van der Waals surface area (Å²) in [6.07, 6.45) is 7.30. The third-order valence-corrected chi connectivity index (χ3v) is 6.17. The summed E-state index contributed by atoms with van der Waals surface area (Å²) in [5.41, 5.74) is -0.494. The molecule has 1 aliphatic carbocycles. The van der Waals surface area contributed by atoms with E-state index in [1.807, 2.05) is 0 Å². The first-order chi connectivity index (χ1) is 13.5. The SMILES string of the molecule is Cn1c(=O)c2c(ncn2CC(=O)Nc2nnc(C3CCCCC3)s2)n(C)c1=O. The molecule has 0 bridgehead atoms. The molecule has 11 heteroatoms. The number of aromatic nitrogens is 6. The number of nitrogens with one attached hydrogen (secondary N) is 1. The molecule has 0 spiro atoms. The van der Waals surface area contributed by atoms with Crippen LogP contribution in [0.2, 0.25) is 0 Å². The summed E-state index contributed by atoms with van der Waals surface area (Å²) in [6.45, 7) is -0.109. The van der Waals surface area contributed by atoms with Gasteiger partial charge in [0.05, 0.1) is 6.33 Å².